The predicted molar refractivity (Wildman–Crippen MR) is 69.2 cm³/mol. The molecule has 0 spiro atoms. The number of hydrogen-bond acceptors (Lipinski definition) is 5. The summed E-state index contributed by atoms with van der Waals surface area (Å²) in [6.45, 7) is 0.765. The fourth-order valence-electron chi connectivity index (χ4n) is 1.51. The number of benzene rings is 1. The Bertz CT molecular complexity index is 642. The van der Waals surface area contributed by atoms with Crippen LogP contribution in [0.1, 0.15) is 5.69 Å². The van der Waals surface area contributed by atoms with Crippen LogP contribution in [0.4, 0.5) is 0 Å². The first-order valence-electron chi connectivity index (χ1n) is 5.46. The standard InChI is InChI=1S/C11H14N4O2S/c12-18(16,17)6-5-13-7-9-8-14-10-3-1-2-4-11(10)15-9/h1-4,8,13H,5-7H2,(H2,12,16,17). The maximum atomic E-state index is 10.7. The van der Waals surface area contributed by atoms with Gasteiger partial charge in [-0.05, 0) is 12.1 Å². The number of para-hydroxylation sites is 2. The van der Waals surface area contributed by atoms with Crippen LogP contribution >= 0.6 is 0 Å². The summed E-state index contributed by atoms with van der Waals surface area (Å²) in [5, 5.41) is 7.85. The van der Waals surface area contributed by atoms with Crippen LogP contribution in [-0.4, -0.2) is 30.7 Å². The molecule has 6 nitrogen and oxygen atoms in total. The van der Waals surface area contributed by atoms with Crippen molar-refractivity contribution in [1.29, 1.82) is 0 Å². The van der Waals surface area contributed by atoms with Gasteiger partial charge < -0.3 is 5.32 Å². The number of fused-ring (bicyclic) bond motifs is 1. The smallest absolute Gasteiger partial charge is 0.210 e. The first kappa shape index (κ1) is 12.9. The number of hydrogen-bond donors (Lipinski definition) is 2. The minimum atomic E-state index is -3.41. The molecule has 2 rings (SSSR count). The van der Waals surface area contributed by atoms with Gasteiger partial charge in [-0.1, -0.05) is 12.1 Å². The van der Waals surface area contributed by atoms with Gasteiger partial charge in [0.15, 0.2) is 0 Å². The molecule has 0 fully saturated rings. The van der Waals surface area contributed by atoms with Crippen molar-refractivity contribution in [2.24, 2.45) is 5.14 Å². The van der Waals surface area contributed by atoms with Gasteiger partial charge in [0.05, 0.1) is 28.7 Å². The molecule has 1 aromatic heterocycles. The molecule has 7 heteroatoms. The maximum Gasteiger partial charge on any atom is 0.210 e. The van der Waals surface area contributed by atoms with Gasteiger partial charge in [-0.25, -0.2) is 18.5 Å². The lowest BCUT2D eigenvalue weighted by atomic mass is 10.3. The lowest BCUT2D eigenvalue weighted by Crippen LogP contribution is -2.27. The Morgan fingerprint density at radius 1 is 1.22 bits per heavy atom. The molecular weight excluding hydrogens is 252 g/mol. The molecule has 0 saturated heterocycles. The summed E-state index contributed by atoms with van der Waals surface area (Å²) >= 11 is 0. The highest BCUT2D eigenvalue weighted by atomic mass is 32.2. The van der Waals surface area contributed by atoms with Crippen molar-refractivity contribution in [3.8, 4) is 0 Å². The molecule has 2 aromatic rings. The SMILES string of the molecule is NS(=O)(=O)CCNCc1cnc2ccccc2n1. The number of nitrogens with zero attached hydrogens (tertiary/aromatic N) is 2. The van der Waals surface area contributed by atoms with Crippen LogP contribution in [0.5, 0.6) is 0 Å². The molecule has 0 amide bonds. The summed E-state index contributed by atoms with van der Waals surface area (Å²) in [5.41, 5.74) is 2.43. The normalized spacial score (nSPS) is 11.8. The largest absolute Gasteiger partial charge is 0.310 e. The zero-order chi connectivity index (χ0) is 13.0. The van der Waals surface area contributed by atoms with E-state index in [9.17, 15) is 8.42 Å². The molecular formula is C11H14N4O2S. The average Bonchev–Trinajstić information content (AvgIpc) is 2.33. The first-order valence-corrected chi connectivity index (χ1v) is 7.18. The second kappa shape index (κ2) is 5.38. The third-order valence-electron chi connectivity index (χ3n) is 2.37. The third kappa shape index (κ3) is 3.73. The van der Waals surface area contributed by atoms with Gasteiger partial charge in [-0.2, -0.15) is 0 Å². The molecule has 0 unspecified atom stereocenters. The summed E-state index contributed by atoms with van der Waals surface area (Å²) in [4.78, 5) is 8.67. The van der Waals surface area contributed by atoms with E-state index in [-0.39, 0.29) is 5.75 Å². The average molecular weight is 266 g/mol. The van der Waals surface area contributed by atoms with Crippen molar-refractivity contribution in [2.75, 3.05) is 12.3 Å². The zero-order valence-electron chi connectivity index (χ0n) is 9.70. The van der Waals surface area contributed by atoms with E-state index in [2.05, 4.69) is 15.3 Å². The van der Waals surface area contributed by atoms with Crippen LogP contribution in [0.25, 0.3) is 11.0 Å². The van der Waals surface area contributed by atoms with Crippen molar-refractivity contribution < 1.29 is 8.42 Å². The van der Waals surface area contributed by atoms with Crippen molar-refractivity contribution in [2.45, 2.75) is 6.54 Å². The van der Waals surface area contributed by atoms with E-state index in [1.165, 1.54) is 0 Å². The first-order chi connectivity index (χ1) is 8.54. The van der Waals surface area contributed by atoms with Gasteiger partial charge in [0.25, 0.3) is 0 Å². The highest BCUT2D eigenvalue weighted by Crippen LogP contribution is 2.07. The number of nitrogens with one attached hydrogen (secondary N) is 1. The second-order valence-corrected chi connectivity index (χ2v) is 5.63. The Hall–Kier alpha value is -1.57. The van der Waals surface area contributed by atoms with E-state index >= 15 is 0 Å². The fourth-order valence-corrected chi connectivity index (χ4v) is 1.94. The Kier molecular flexibility index (Phi) is 3.85. The maximum absolute atomic E-state index is 10.7. The molecule has 96 valence electrons. The van der Waals surface area contributed by atoms with E-state index in [0.29, 0.717) is 13.1 Å². The zero-order valence-corrected chi connectivity index (χ0v) is 10.5. The number of primary sulfonamides is 1. The highest BCUT2D eigenvalue weighted by Gasteiger charge is 2.02. The quantitative estimate of drug-likeness (QED) is 0.743. The monoisotopic (exact) mass is 266 g/mol. The van der Waals surface area contributed by atoms with Crippen molar-refractivity contribution in [3.05, 3.63) is 36.2 Å². The summed E-state index contributed by atoms with van der Waals surface area (Å²) < 4.78 is 21.5. The van der Waals surface area contributed by atoms with Crippen LogP contribution < -0.4 is 10.5 Å². The molecule has 1 aromatic carbocycles. The van der Waals surface area contributed by atoms with E-state index < -0.39 is 10.0 Å². The Balaban J connectivity index is 1.96. The second-order valence-electron chi connectivity index (χ2n) is 3.89. The molecule has 0 radical (unpaired) electrons. The number of sulfonamides is 1. The number of nitrogens with two attached hydrogens (primary N) is 1. The van der Waals surface area contributed by atoms with E-state index in [1.807, 2.05) is 24.3 Å². The van der Waals surface area contributed by atoms with Gasteiger partial charge in [0.2, 0.25) is 10.0 Å². The topological polar surface area (TPSA) is 98.0 Å². The van der Waals surface area contributed by atoms with Crippen LogP contribution in [0.15, 0.2) is 30.5 Å². The molecule has 0 aliphatic carbocycles. The molecule has 1 heterocycles. The van der Waals surface area contributed by atoms with Crippen LogP contribution in [0.2, 0.25) is 0 Å². The van der Waals surface area contributed by atoms with Gasteiger partial charge in [0.1, 0.15) is 0 Å². The van der Waals surface area contributed by atoms with Crippen LogP contribution in [-0.2, 0) is 16.6 Å². The Morgan fingerprint density at radius 3 is 2.67 bits per heavy atom. The van der Waals surface area contributed by atoms with Gasteiger partial charge in [-0.15, -0.1) is 0 Å². The van der Waals surface area contributed by atoms with Crippen molar-refractivity contribution in [3.63, 3.8) is 0 Å². The van der Waals surface area contributed by atoms with Gasteiger partial charge in [-0.3, -0.25) is 4.98 Å². The minimum absolute atomic E-state index is 0.0893. The van der Waals surface area contributed by atoms with E-state index in [4.69, 9.17) is 5.14 Å². The summed E-state index contributed by atoms with van der Waals surface area (Å²) in [6.07, 6.45) is 1.67. The molecule has 18 heavy (non-hydrogen) atoms. The number of aromatic nitrogens is 2. The lowest BCUT2D eigenvalue weighted by Gasteiger charge is -2.04. The molecule has 3 N–H and O–H groups in total. The summed E-state index contributed by atoms with van der Waals surface area (Å²) in [7, 11) is -3.41. The number of rotatable bonds is 5. The molecule has 0 aliphatic heterocycles. The Morgan fingerprint density at radius 2 is 1.94 bits per heavy atom. The van der Waals surface area contributed by atoms with Gasteiger partial charge in [0, 0.05) is 13.1 Å². The van der Waals surface area contributed by atoms with E-state index in [1.54, 1.807) is 6.20 Å². The third-order valence-corrected chi connectivity index (χ3v) is 3.14. The Labute approximate surface area is 105 Å². The minimum Gasteiger partial charge on any atom is -0.310 e. The lowest BCUT2D eigenvalue weighted by molar-refractivity contribution is 0.592. The predicted octanol–water partition coefficient (Wildman–Crippen LogP) is 0.00790. The molecule has 0 aliphatic rings. The van der Waals surface area contributed by atoms with Crippen LogP contribution in [0, 0.1) is 0 Å². The molecule has 0 atom stereocenters. The summed E-state index contributed by atoms with van der Waals surface area (Å²) in [5.74, 6) is -0.0893. The molecule has 0 saturated carbocycles. The summed E-state index contributed by atoms with van der Waals surface area (Å²) in [6, 6.07) is 7.58. The van der Waals surface area contributed by atoms with E-state index in [0.717, 1.165) is 16.7 Å². The van der Waals surface area contributed by atoms with Crippen molar-refractivity contribution in [1.82, 2.24) is 15.3 Å². The fraction of sp³-hybridized carbons (Fsp3) is 0.273. The van der Waals surface area contributed by atoms with Crippen LogP contribution in [0.3, 0.4) is 0 Å². The molecule has 0 bridgehead atoms. The highest BCUT2D eigenvalue weighted by molar-refractivity contribution is 7.89. The van der Waals surface area contributed by atoms with Crippen molar-refractivity contribution >= 4 is 21.1 Å². The van der Waals surface area contributed by atoms with Gasteiger partial charge >= 0.3 is 0 Å².